The Morgan fingerprint density at radius 1 is 1.33 bits per heavy atom. The molecule has 0 radical (unpaired) electrons. The lowest BCUT2D eigenvalue weighted by Crippen LogP contribution is -2.36. The van der Waals surface area contributed by atoms with Gasteiger partial charge in [-0.1, -0.05) is 0 Å². The van der Waals surface area contributed by atoms with E-state index in [1.807, 2.05) is 28.5 Å². The quantitative estimate of drug-likeness (QED) is 0.852. The maximum Gasteiger partial charge on any atom is 0.490 e. The number of furan rings is 1. The molecular formula is C17H17F3N2O4S. The second-order valence-electron chi connectivity index (χ2n) is 6.23. The number of rotatable bonds is 3. The summed E-state index contributed by atoms with van der Waals surface area (Å²) < 4.78 is 37.2. The molecule has 146 valence electrons. The zero-order valence-electron chi connectivity index (χ0n) is 14.1. The molecule has 1 N–H and O–H groups in total. The van der Waals surface area contributed by atoms with Crippen molar-refractivity contribution in [1.82, 2.24) is 4.90 Å². The molecule has 2 aliphatic heterocycles. The molecule has 4 rings (SSSR count). The highest BCUT2D eigenvalue weighted by atomic mass is 32.1. The number of carbonyl (C=O) groups is 2. The number of nitrogens with zero attached hydrogens (tertiary/aromatic N) is 2. The van der Waals surface area contributed by atoms with Crippen molar-refractivity contribution in [2.75, 3.05) is 11.4 Å². The van der Waals surface area contributed by atoms with Crippen molar-refractivity contribution in [3.63, 3.8) is 0 Å². The van der Waals surface area contributed by atoms with E-state index in [9.17, 15) is 18.0 Å². The minimum Gasteiger partial charge on any atom is -0.475 e. The molecule has 2 aromatic heterocycles. The highest BCUT2D eigenvalue weighted by molar-refractivity contribution is 7.08. The fourth-order valence-electron chi connectivity index (χ4n) is 3.46. The van der Waals surface area contributed by atoms with Gasteiger partial charge in [0.15, 0.2) is 0 Å². The summed E-state index contributed by atoms with van der Waals surface area (Å²) in [6.07, 6.45) is -1.70. The third-order valence-corrected chi connectivity index (χ3v) is 5.25. The fraction of sp³-hybridized carbons (Fsp3) is 0.412. The number of thiophene rings is 1. The van der Waals surface area contributed by atoms with Gasteiger partial charge in [0.25, 0.3) is 0 Å². The minimum atomic E-state index is -5.08. The molecule has 2 unspecified atom stereocenters. The summed E-state index contributed by atoms with van der Waals surface area (Å²) in [6, 6.07) is 6.61. The minimum absolute atomic E-state index is 0.252. The van der Waals surface area contributed by atoms with Gasteiger partial charge in [0.2, 0.25) is 5.91 Å². The molecule has 2 aromatic rings. The van der Waals surface area contributed by atoms with Crippen LogP contribution in [0.3, 0.4) is 0 Å². The van der Waals surface area contributed by atoms with Crippen LogP contribution in [0.2, 0.25) is 0 Å². The van der Waals surface area contributed by atoms with Crippen LogP contribution in [0.25, 0.3) is 0 Å². The van der Waals surface area contributed by atoms with E-state index in [1.54, 1.807) is 17.6 Å². The number of aliphatic carboxylic acids is 1. The summed E-state index contributed by atoms with van der Waals surface area (Å²) in [5.74, 6) is -1.53. The van der Waals surface area contributed by atoms with Gasteiger partial charge >= 0.3 is 12.1 Å². The molecular weight excluding hydrogens is 385 g/mol. The van der Waals surface area contributed by atoms with E-state index < -0.39 is 12.1 Å². The lowest BCUT2D eigenvalue weighted by Gasteiger charge is -2.24. The Kier molecular flexibility index (Phi) is 5.56. The molecule has 0 saturated carbocycles. The summed E-state index contributed by atoms with van der Waals surface area (Å²) >= 11 is 1.64. The maximum absolute atomic E-state index is 12.3. The summed E-state index contributed by atoms with van der Waals surface area (Å²) in [5, 5.41) is 11.2. The van der Waals surface area contributed by atoms with Crippen molar-refractivity contribution in [3.05, 3.63) is 41.0 Å². The van der Waals surface area contributed by atoms with Crippen LogP contribution in [-0.2, 0) is 16.1 Å². The summed E-state index contributed by atoms with van der Waals surface area (Å²) in [4.78, 5) is 25.6. The van der Waals surface area contributed by atoms with E-state index in [4.69, 9.17) is 14.3 Å². The largest absolute Gasteiger partial charge is 0.490 e. The monoisotopic (exact) mass is 402 g/mol. The molecule has 6 nitrogen and oxygen atoms in total. The Morgan fingerprint density at radius 3 is 2.63 bits per heavy atom. The van der Waals surface area contributed by atoms with Gasteiger partial charge in [0.1, 0.15) is 5.76 Å². The molecule has 0 aliphatic carbocycles. The summed E-state index contributed by atoms with van der Waals surface area (Å²) in [7, 11) is 0. The number of carboxylic acids is 1. The van der Waals surface area contributed by atoms with Crippen LogP contribution < -0.4 is 4.90 Å². The van der Waals surface area contributed by atoms with Crippen molar-refractivity contribution < 1.29 is 32.3 Å². The lowest BCUT2D eigenvalue weighted by molar-refractivity contribution is -0.192. The van der Waals surface area contributed by atoms with Crippen LogP contribution in [0.4, 0.5) is 18.9 Å². The average molecular weight is 402 g/mol. The van der Waals surface area contributed by atoms with E-state index in [-0.39, 0.29) is 5.91 Å². The first-order valence-corrected chi connectivity index (χ1v) is 9.12. The van der Waals surface area contributed by atoms with Gasteiger partial charge in [-0.2, -0.15) is 24.5 Å². The van der Waals surface area contributed by atoms with E-state index in [2.05, 4.69) is 10.3 Å². The molecule has 0 bridgehead atoms. The topological polar surface area (TPSA) is 74.0 Å². The molecule has 27 heavy (non-hydrogen) atoms. The zero-order chi connectivity index (χ0) is 19.6. The Balaban J connectivity index is 0.000000260. The normalized spacial score (nSPS) is 22.5. The zero-order valence-corrected chi connectivity index (χ0v) is 14.9. The van der Waals surface area contributed by atoms with E-state index in [0.717, 1.165) is 31.0 Å². The van der Waals surface area contributed by atoms with Gasteiger partial charge in [-0.05, 0) is 30.0 Å². The Morgan fingerprint density at radius 2 is 2.07 bits per heavy atom. The maximum atomic E-state index is 12.3. The fourth-order valence-corrected chi connectivity index (χ4v) is 4.09. The molecule has 2 aliphatic rings. The molecule has 2 saturated heterocycles. The predicted molar refractivity (Wildman–Crippen MR) is 91.4 cm³/mol. The van der Waals surface area contributed by atoms with Crippen LogP contribution in [0.15, 0.2) is 39.6 Å². The Bertz CT molecular complexity index is 777. The first kappa shape index (κ1) is 19.4. The summed E-state index contributed by atoms with van der Waals surface area (Å²) in [6.45, 7) is 1.84. The smallest absolute Gasteiger partial charge is 0.475 e. The van der Waals surface area contributed by atoms with Crippen LogP contribution in [0.5, 0.6) is 0 Å². The number of likely N-dealkylation sites (tertiary alicyclic amines) is 1. The number of hydrogen-bond donors (Lipinski definition) is 1. The SMILES string of the molecule is O=C(O)C(F)(F)F.O=C1CC2C(CCN2Cc2ccco2)N1c1ccsc1. The Hall–Kier alpha value is -2.33. The van der Waals surface area contributed by atoms with Gasteiger partial charge in [0.05, 0.1) is 24.5 Å². The van der Waals surface area contributed by atoms with E-state index in [0.29, 0.717) is 18.5 Å². The Labute approximate surface area is 156 Å². The van der Waals surface area contributed by atoms with Crippen molar-refractivity contribution in [3.8, 4) is 0 Å². The van der Waals surface area contributed by atoms with Gasteiger partial charge in [0, 0.05) is 24.4 Å². The molecule has 2 atom stereocenters. The van der Waals surface area contributed by atoms with E-state index >= 15 is 0 Å². The number of carbonyl (C=O) groups excluding carboxylic acids is 1. The molecule has 1 amide bonds. The lowest BCUT2D eigenvalue weighted by atomic mass is 10.1. The van der Waals surface area contributed by atoms with Crippen LogP contribution in [0, 0.1) is 0 Å². The second kappa shape index (κ2) is 7.73. The van der Waals surface area contributed by atoms with Crippen LogP contribution in [-0.4, -0.2) is 46.7 Å². The third-order valence-electron chi connectivity index (χ3n) is 4.58. The molecule has 2 fully saturated rings. The van der Waals surface area contributed by atoms with Gasteiger partial charge in [-0.3, -0.25) is 9.69 Å². The van der Waals surface area contributed by atoms with Crippen molar-refractivity contribution in [1.29, 1.82) is 0 Å². The predicted octanol–water partition coefficient (Wildman–Crippen LogP) is 3.35. The standard InChI is InChI=1S/C15H16N2O2S.C2HF3O2/c18-15-8-14-13(17(15)11-4-7-20-10-11)3-5-16(14)9-12-2-1-6-19-12;3-2(4,5)1(6)7/h1-2,4,6-7,10,13-14H,3,5,8-9H2;(H,6,7). The summed E-state index contributed by atoms with van der Waals surface area (Å²) in [5.41, 5.74) is 1.06. The molecule has 10 heteroatoms. The van der Waals surface area contributed by atoms with Crippen molar-refractivity contribution >= 4 is 28.9 Å². The first-order chi connectivity index (χ1) is 12.8. The molecule has 4 heterocycles. The van der Waals surface area contributed by atoms with E-state index in [1.165, 1.54) is 0 Å². The number of alkyl halides is 3. The number of anilines is 1. The van der Waals surface area contributed by atoms with Crippen LogP contribution >= 0.6 is 11.3 Å². The second-order valence-corrected chi connectivity index (χ2v) is 7.01. The van der Waals surface area contributed by atoms with Gasteiger partial charge in [-0.15, -0.1) is 0 Å². The highest BCUT2D eigenvalue weighted by Gasteiger charge is 2.47. The van der Waals surface area contributed by atoms with Crippen LogP contribution in [0.1, 0.15) is 18.6 Å². The molecule has 0 spiro atoms. The van der Waals surface area contributed by atoms with Gasteiger partial charge in [-0.25, -0.2) is 4.79 Å². The first-order valence-electron chi connectivity index (χ1n) is 8.18. The number of amides is 1. The number of carboxylic acid groups (broad SMARTS) is 1. The van der Waals surface area contributed by atoms with Gasteiger partial charge < -0.3 is 14.4 Å². The number of hydrogen-bond acceptors (Lipinski definition) is 5. The average Bonchev–Trinajstić information content (AvgIpc) is 3.34. The number of fused-ring (bicyclic) bond motifs is 1. The highest BCUT2D eigenvalue weighted by Crippen LogP contribution is 2.37. The number of halogens is 3. The third kappa shape index (κ3) is 4.33. The van der Waals surface area contributed by atoms with Crippen molar-refractivity contribution in [2.45, 2.75) is 37.6 Å². The van der Waals surface area contributed by atoms with Crippen molar-refractivity contribution in [2.24, 2.45) is 0 Å². The molecule has 0 aromatic carbocycles.